The van der Waals surface area contributed by atoms with Gasteiger partial charge in [0.25, 0.3) is 10.0 Å². The first kappa shape index (κ1) is 22.8. The van der Waals surface area contributed by atoms with Gasteiger partial charge in [0.2, 0.25) is 5.91 Å². The number of benzene rings is 3. The van der Waals surface area contributed by atoms with Crippen molar-refractivity contribution in [1.82, 2.24) is 5.32 Å². The van der Waals surface area contributed by atoms with Crippen LogP contribution in [0.4, 0.5) is 5.69 Å². The minimum Gasteiger partial charge on any atom is -0.355 e. The highest BCUT2D eigenvalue weighted by atomic mass is 35.5. The van der Waals surface area contributed by atoms with E-state index in [-0.39, 0.29) is 17.3 Å². The van der Waals surface area contributed by atoms with Crippen molar-refractivity contribution < 1.29 is 13.2 Å². The molecule has 0 heterocycles. The van der Waals surface area contributed by atoms with E-state index in [4.69, 9.17) is 11.6 Å². The molecule has 0 atom stereocenters. The number of hydrogen-bond acceptors (Lipinski definition) is 3. The summed E-state index contributed by atoms with van der Waals surface area (Å²) in [6.45, 7) is 2.01. The van der Waals surface area contributed by atoms with E-state index < -0.39 is 10.0 Å². The van der Waals surface area contributed by atoms with E-state index in [0.717, 1.165) is 22.7 Å². The number of hydrogen-bond donors (Lipinski definition) is 1. The molecule has 5 nitrogen and oxygen atoms in total. The largest absolute Gasteiger partial charge is 0.355 e. The number of carbonyl (C=O) groups is 1. The van der Waals surface area contributed by atoms with Crippen molar-refractivity contribution in [2.24, 2.45) is 0 Å². The molecular formula is C24H25ClN2O3S. The molecule has 3 aromatic carbocycles. The van der Waals surface area contributed by atoms with Crippen molar-refractivity contribution in [2.75, 3.05) is 17.4 Å². The van der Waals surface area contributed by atoms with Gasteiger partial charge < -0.3 is 5.32 Å². The van der Waals surface area contributed by atoms with Crippen LogP contribution in [0.5, 0.6) is 0 Å². The summed E-state index contributed by atoms with van der Waals surface area (Å²) in [5, 5.41) is 3.22. The molecule has 0 bridgehead atoms. The van der Waals surface area contributed by atoms with Crippen molar-refractivity contribution in [1.29, 1.82) is 0 Å². The summed E-state index contributed by atoms with van der Waals surface area (Å²) >= 11 is 6.08. The quantitative estimate of drug-likeness (QED) is 0.479. The second-order valence-electron chi connectivity index (χ2n) is 7.24. The van der Waals surface area contributed by atoms with Gasteiger partial charge in [0.05, 0.1) is 10.6 Å². The molecule has 162 valence electrons. The molecule has 3 aromatic rings. The zero-order valence-corrected chi connectivity index (χ0v) is 18.9. The zero-order valence-electron chi connectivity index (χ0n) is 17.3. The second-order valence-corrected chi connectivity index (χ2v) is 9.54. The van der Waals surface area contributed by atoms with Crippen molar-refractivity contribution in [2.45, 2.75) is 24.7 Å². The van der Waals surface area contributed by atoms with Gasteiger partial charge in [-0.15, -0.1) is 0 Å². The van der Waals surface area contributed by atoms with Crippen LogP contribution in [0.15, 0.2) is 83.8 Å². The number of anilines is 1. The number of rotatable bonds is 9. The van der Waals surface area contributed by atoms with Gasteiger partial charge >= 0.3 is 0 Å². The van der Waals surface area contributed by atoms with Gasteiger partial charge in [-0.3, -0.25) is 9.10 Å². The number of sulfonamides is 1. The van der Waals surface area contributed by atoms with Crippen LogP contribution in [-0.2, 0) is 21.2 Å². The molecule has 1 N–H and O–H groups in total. The molecule has 0 fully saturated rings. The highest BCUT2D eigenvalue weighted by Crippen LogP contribution is 2.26. The summed E-state index contributed by atoms with van der Waals surface area (Å²) < 4.78 is 27.7. The van der Waals surface area contributed by atoms with Crippen LogP contribution in [-0.4, -0.2) is 27.4 Å². The highest BCUT2D eigenvalue weighted by Gasteiger charge is 2.27. The SMILES string of the molecule is Cc1ccc(S(=O)(=O)N(CC(=O)NCCCc2ccccc2)c2cccc(Cl)c2)cc1. The summed E-state index contributed by atoms with van der Waals surface area (Å²) in [7, 11) is -3.94. The Labute approximate surface area is 188 Å². The van der Waals surface area contributed by atoms with E-state index in [1.807, 2.05) is 37.3 Å². The monoisotopic (exact) mass is 456 g/mol. The number of halogens is 1. The van der Waals surface area contributed by atoms with Gasteiger partial charge in [-0.05, 0) is 55.7 Å². The summed E-state index contributed by atoms with van der Waals surface area (Å²) in [5.74, 6) is -0.372. The van der Waals surface area contributed by atoms with Gasteiger partial charge in [-0.25, -0.2) is 8.42 Å². The molecule has 31 heavy (non-hydrogen) atoms. The summed E-state index contributed by atoms with van der Waals surface area (Å²) in [6.07, 6.45) is 1.60. The third-order valence-electron chi connectivity index (χ3n) is 4.80. The minimum absolute atomic E-state index is 0.120. The van der Waals surface area contributed by atoms with E-state index in [0.29, 0.717) is 17.3 Å². The van der Waals surface area contributed by atoms with E-state index >= 15 is 0 Å². The zero-order chi connectivity index (χ0) is 22.3. The average Bonchev–Trinajstić information content (AvgIpc) is 2.76. The number of nitrogens with zero attached hydrogens (tertiary/aromatic N) is 1. The molecule has 0 aliphatic heterocycles. The minimum atomic E-state index is -3.94. The lowest BCUT2D eigenvalue weighted by atomic mass is 10.1. The topological polar surface area (TPSA) is 66.5 Å². The van der Waals surface area contributed by atoms with E-state index in [1.54, 1.807) is 42.5 Å². The predicted octanol–water partition coefficient (Wildman–Crippen LogP) is 4.59. The van der Waals surface area contributed by atoms with Crippen LogP contribution in [0.2, 0.25) is 5.02 Å². The van der Waals surface area contributed by atoms with Crippen LogP contribution < -0.4 is 9.62 Å². The van der Waals surface area contributed by atoms with E-state index in [1.165, 1.54) is 11.6 Å². The molecule has 0 aliphatic rings. The molecular weight excluding hydrogens is 432 g/mol. The van der Waals surface area contributed by atoms with Gasteiger partial charge in [-0.1, -0.05) is 65.7 Å². The normalized spacial score (nSPS) is 11.2. The lowest BCUT2D eigenvalue weighted by Gasteiger charge is -2.24. The van der Waals surface area contributed by atoms with Crippen LogP contribution >= 0.6 is 11.6 Å². The Hall–Kier alpha value is -2.83. The molecule has 1 amide bonds. The fourth-order valence-corrected chi connectivity index (χ4v) is 4.73. The Kier molecular flexibility index (Phi) is 7.71. The van der Waals surface area contributed by atoms with Crippen molar-refractivity contribution in [3.05, 3.63) is 95.0 Å². The maximum atomic E-state index is 13.3. The van der Waals surface area contributed by atoms with Gasteiger partial charge in [0.1, 0.15) is 6.54 Å². The smallest absolute Gasteiger partial charge is 0.264 e. The Bertz CT molecular complexity index is 1120. The lowest BCUT2D eigenvalue weighted by Crippen LogP contribution is -2.41. The summed E-state index contributed by atoms with van der Waals surface area (Å²) in [6, 6.07) is 23.0. The number of aryl methyl sites for hydroxylation is 2. The van der Waals surface area contributed by atoms with Gasteiger partial charge in [-0.2, -0.15) is 0 Å². The molecule has 0 aromatic heterocycles. The molecule has 0 spiro atoms. The maximum Gasteiger partial charge on any atom is 0.264 e. The number of carbonyl (C=O) groups excluding carboxylic acids is 1. The first-order valence-electron chi connectivity index (χ1n) is 10.0. The number of amides is 1. The number of nitrogens with one attached hydrogen (secondary N) is 1. The first-order valence-corrected chi connectivity index (χ1v) is 11.8. The predicted molar refractivity (Wildman–Crippen MR) is 125 cm³/mol. The van der Waals surface area contributed by atoms with Crippen LogP contribution in [0.3, 0.4) is 0 Å². The fraction of sp³-hybridized carbons (Fsp3) is 0.208. The first-order chi connectivity index (χ1) is 14.9. The van der Waals surface area contributed by atoms with E-state index in [9.17, 15) is 13.2 Å². The summed E-state index contributed by atoms with van der Waals surface area (Å²) in [4.78, 5) is 12.7. The Morgan fingerprint density at radius 3 is 2.35 bits per heavy atom. The Morgan fingerprint density at radius 2 is 1.68 bits per heavy atom. The molecule has 3 rings (SSSR count). The standard InChI is InChI=1S/C24H25ClN2O3S/c1-19-12-14-23(15-13-19)31(29,30)27(22-11-5-10-21(25)17-22)18-24(28)26-16-6-9-20-7-3-2-4-8-20/h2-5,7-8,10-15,17H,6,9,16,18H2,1H3,(H,26,28). The molecule has 0 aliphatic carbocycles. The second kappa shape index (κ2) is 10.5. The third kappa shape index (κ3) is 6.32. The molecule has 0 unspecified atom stereocenters. The van der Waals surface area contributed by atoms with Crippen molar-refractivity contribution in [3.63, 3.8) is 0 Å². The molecule has 0 saturated carbocycles. The average molecular weight is 457 g/mol. The maximum absolute atomic E-state index is 13.3. The van der Waals surface area contributed by atoms with Gasteiger partial charge in [0.15, 0.2) is 0 Å². The highest BCUT2D eigenvalue weighted by molar-refractivity contribution is 7.92. The molecule has 0 radical (unpaired) electrons. The van der Waals surface area contributed by atoms with Crippen LogP contribution in [0.25, 0.3) is 0 Å². The van der Waals surface area contributed by atoms with Crippen molar-refractivity contribution in [3.8, 4) is 0 Å². The van der Waals surface area contributed by atoms with E-state index in [2.05, 4.69) is 5.32 Å². The lowest BCUT2D eigenvalue weighted by molar-refractivity contribution is -0.119. The fourth-order valence-electron chi connectivity index (χ4n) is 3.14. The molecule has 7 heteroatoms. The van der Waals surface area contributed by atoms with Crippen molar-refractivity contribution >= 4 is 33.2 Å². The third-order valence-corrected chi connectivity index (χ3v) is 6.82. The van der Waals surface area contributed by atoms with Crippen LogP contribution in [0, 0.1) is 6.92 Å². The van der Waals surface area contributed by atoms with Gasteiger partial charge in [0, 0.05) is 11.6 Å². The summed E-state index contributed by atoms with van der Waals surface area (Å²) in [5.41, 5.74) is 2.48. The molecule has 0 saturated heterocycles. The van der Waals surface area contributed by atoms with Crippen LogP contribution in [0.1, 0.15) is 17.5 Å². The Balaban J connectivity index is 1.72. The Morgan fingerprint density at radius 1 is 0.968 bits per heavy atom.